The molecular weight excluding hydrogens is 268 g/mol. The predicted octanol–water partition coefficient (Wildman–Crippen LogP) is 1.26. The molecule has 0 radical (unpaired) electrons. The molecule has 21 heavy (non-hydrogen) atoms. The minimum atomic E-state index is -0.709. The fourth-order valence-corrected chi connectivity index (χ4v) is 2.39. The Bertz CT molecular complexity index is 512. The zero-order valence-corrected chi connectivity index (χ0v) is 11.9. The van der Waals surface area contributed by atoms with Crippen LogP contribution >= 0.6 is 0 Å². The normalized spacial score (nSPS) is 20.5. The van der Waals surface area contributed by atoms with Crippen LogP contribution in [0.2, 0.25) is 0 Å². The first-order chi connectivity index (χ1) is 10.2. The lowest BCUT2D eigenvalue weighted by Crippen LogP contribution is -2.47. The average molecular weight is 288 g/mol. The summed E-state index contributed by atoms with van der Waals surface area (Å²) in [6.07, 6.45) is 2.96. The number of ether oxygens (including phenoxy) is 1. The van der Waals surface area contributed by atoms with Gasteiger partial charge in [-0.25, -0.2) is 4.79 Å². The van der Waals surface area contributed by atoms with Gasteiger partial charge in [-0.2, -0.15) is 0 Å². The third-order valence-corrected chi connectivity index (χ3v) is 3.55. The zero-order chi connectivity index (χ0) is 15.1. The van der Waals surface area contributed by atoms with Crippen LogP contribution in [0.1, 0.15) is 24.8 Å². The van der Waals surface area contributed by atoms with Crippen molar-refractivity contribution in [3.05, 3.63) is 42.0 Å². The number of rotatable bonds is 5. The van der Waals surface area contributed by atoms with Gasteiger partial charge in [0.2, 0.25) is 5.91 Å². The maximum absolute atomic E-state index is 12.2. The van der Waals surface area contributed by atoms with Crippen LogP contribution in [0.15, 0.2) is 36.4 Å². The molecule has 0 saturated carbocycles. The first-order valence-electron chi connectivity index (χ1n) is 7.15. The van der Waals surface area contributed by atoms with Gasteiger partial charge in [0.25, 0.3) is 0 Å². The van der Waals surface area contributed by atoms with Crippen LogP contribution in [0.3, 0.4) is 0 Å². The highest BCUT2D eigenvalue weighted by Crippen LogP contribution is 2.16. The largest absolute Gasteiger partial charge is 0.349 e. The SMILES string of the molecule is N[C@H]1CCCCN(C(C=C=O)OCc2ccccc2)C1=O. The van der Waals surface area contributed by atoms with Crippen molar-refractivity contribution < 1.29 is 14.3 Å². The second-order valence-electron chi connectivity index (χ2n) is 5.11. The van der Waals surface area contributed by atoms with Crippen LogP contribution in [0.5, 0.6) is 0 Å². The van der Waals surface area contributed by atoms with E-state index in [1.54, 1.807) is 5.94 Å². The van der Waals surface area contributed by atoms with Crippen LogP contribution in [0.4, 0.5) is 0 Å². The Hall–Kier alpha value is -1.94. The number of amides is 1. The standard InChI is InChI=1S/C16H20N2O3/c17-14-8-4-5-10-18(16(14)20)15(9-11-19)21-12-13-6-2-1-3-7-13/h1-3,6-7,9,14-15H,4-5,8,10,12,17H2/t14-,15?/m0/s1. The summed E-state index contributed by atoms with van der Waals surface area (Å²) in [7, 11) is 0. The molecule has 1 fully saturated rings. The van der Waals surface area contributed by atoms with Crippen LogP contribution in [0.25, 0.3) is 0 Å². The van der Waals surface area contributed by atoms with Crippen molar-refractivity contribution >= 4 is 11.8 Å². The molecule has 1 aliphatic rings. The molecule has 1 amide bonds. The summed E-state index contributed by atoms with van der Waals surface area (Å²) in [4.78, 5) is 24.5. The molecule has 1 unspecified atom stereocenters. The molecule has 2 atom stereocenters. The van der Waals surface area contributed by atoms with Crippen molar-refractivity contribution in [2.45, 2.75) is 38.1 Å². The molecule has 2 rings (SSSR count). The van der Waals surface area contributed by atoms with Crippen molar-refractivity contribution in [3.8, 4) is 0 Å². The van der Waals surface area contributed by atoms with Crippen molar-refractivity contribution in [2.75, 3.05) is 6.54 Å². The Morgan fingerprint density at radius 2 is 2.14 bits per heavy atom. The van der Waals surface area contributed by atoms with Gasteiger partial charge in [0.05, 0.1) is 12.6 Å². The summed E-state index contributed by atoms with van der Waals surface area (Å²) in [6.45, 7) is 0.868. The number of carbonyl (C=O) groups is 1. The number of hydrogen-bond donors (Lipinski definition) is 1. The molecule has 1 aromatic carbocycles. The number of likely N-dealkylation sites (tertiary alicyclic amines) is 1. The van der Waals surface area contributed by atoms with E-state index in [0.29, 0.717) is 19.6 Å². The molecule has 0 bridgehead atoms. The molecule has 5 heteroatoms. The summed E-state index contributed by atoms with van der Waals surface area (Å²) in [5, 5.41) is 0. The van der Waals surface area contributed by atoms with Gasteiger partial charge in [0, 0.05) is 12.6 Å². The minimum Gasteiger partial charge on any atom is -0.349 e. The first kappa shape index (κ1) is 15.4. The number of carbonyl (C=O) groups excluding carboxylic acids is 2. The highest BCUT2D eigenvalue weighted by molar-refractivity contribution is 5.82. The summed E-state index contributed by atoms with van der Waals surface area (Å²) in [5.41, 5.74) is 6.83. The molecule has 2 N–H and O–H groups in total. The summed E-state index contributed by atoms with van der Waals surface area (Å²) in [6, 6.07) is 9.08. The highest BCUT2D eigenvalue weighted by Gasteiger charge is 2.29. The van der Waals surface area contributed by atoms with Crippen molar-refractivity contribution in [3.63, 3.8) is 0 Å². The number of benzene rings is 1. The van der Waals surface area contributed by atoms with E-state index in [1.807, 2.05) is 30.3 Å². The Balaban J connectivity index is 2.06. The van der Waals surface area contributed by atoms with E-state index < -0.39 is 12.3 Å². The van der Waals surface area contributed by atoms with E-state index in [0.717, 1.165) is 18.4 Å². The minimum absolute atomic E-state index is 0.169. The lowest BCUT2D eigenvalue weighted by molar-refractivity contribution is -0.143. The second-order valence-corrected chi connectivity index (χ2v) is 5.11. The van der Waals surface area contributed by atoms with Gasteiger partial charge in [0.15, 0.2) is 6.23 Å². The first-order valence-corrected chi connectivity index (χ1v) is 7.15. The van der Waals surface area contributed by atoms with Crippen LogP contribution in [0, 0.1) is 0 Å². The van der Waals surface area contributed by atoms with E-state index in [2.05, 4.69) is 0 Å². The topological polar surface area (TPSA) is 72.6 Å². The molecular formula is C16H20N2O3. The Morgan fingerprint density at radius 1 is 1.38 bits per heavy atom. The van der Waals surface area contributed by atoms with E-state index in [-0.39, 0.29) is 5.91 Å². The number of hydrogen-bond acceptors (Lipinski definition) is 4. The van der Waals surface area contributed by atoms with Crippen LogP contribution in [-0.4, -0.2) is 35.6 Å². The molecule has 112 valence electrons. The maximum atomic E-state index is 12.2. The molecule has 0 aromatic heterocycles. The monoisotopic (exact) mass is 288 g/mol. The quantitative estimate of drug-likeness (QED) is 0.828. The van der Waals surface area contributed by atoms with Gasteiger partial charge in [-0.1, -0.05) is 30.3 Å². The molecule has 0 aliphatic carbocycles. The maximum Gasteiger partial charge on any atom is 0.241 e. The van der Waals surface area contributed by atoms with Crippen molar-refractivity contribution in [1.82, 2.24) is 4.90 Å². The average Bonchev–Trinajstić information content (AvgIpc) is 2.67. The molecule has 0 spiro atoms. The van der Waals surface area contributed by atoms with E-state index >= 15 is 0 Å². The van der Waals surface area contributed by atoms with Gasteiger partial charge >= 0.3 is 0 Å². The van der Waals surface area contributed by atoms with Crippen LogP contribution in [-0.2, 0) is 20.9 Å². The molecule has 5 nitrogen and oxygen atoms in total. The molecule has 1 saturated heterocycles. The molecule has 1 heterocycles. The lowest BCUT2D eigenvalue weighted by Gasteiger charge is -2.29. The van der Waals surface area contributed by atoms with Gasteiger partial charge in [-0.05, 0) is 24.8 Å². The number of nitrogens with zero attached hydrogens (tertiary/aromatic N) is 1. The van der Waals surface area contributed by atoms with E-state index in [4.69, 9.17) is 10.5 Å². The Kier molecular flexibility index (Phi) is 5.69. The van der Waals surface area contributed by atoms with Gasteiger partial charge < -0.3 is 15.4 Å². The summed E-state index contributed by atoms with van der Waals surface area (Å²) in [5.74, 6) is 1.55. The third-order valence-electron chi connectivity index (χ3n) is 3.55. The molecule has 1 aliphatic heterocycles. The van der Waals surface area contributed by atoms with Gasteiger partial charge in [-0.3, -0.25) is 4.79 Å². The zero-order valence-electron chi connectivity index (χ0n) is 11.9. The Morgan fingerprint density at radius 3 is 2.86 bits per heavy atom. The third kappa shape index (κ3) is 4.26. The Labute approximate surface area is 124 Å². The summed E-state index contributed by atoms with van der Waals surface area (Å²) < 4.78 is 5.71. The van der Waals surface area contributed by atoms with Crippen LogP contribution < -0.4 is 5.73 Å². The van der Waals surface area contributed by atoms with E-state index in [1.165, 1.54) is 11.0 Å². The smallest absolute Gasteiger partial charge is 0.241 e. The molecule has 1 aromatic rings. The fourth-order valence-electron chi connectivity index (χ4n) is 2.39. The van der Waals surface area contributed by atoms with Crippen molar-refractivity contribution in [2.24, 2.45) is 5.73 Å². The number of nitrogens with two attached hydrogens (primary N) is 1. The summed E-state index contributed by atoms with van der Waals surface area (Å²) >= 11 is 0. The van der Waals surface area contributed by atoms with E-state index in [9.17, 15) is 9.59 Å². The fraction of sp³-hybridized carbons (Fsp3) is 0.438. The second kappa shape index (κ2) is 7.74. The lowest BCUT2D eigenvalue weighted by atomic mass is 10.1. The highest BCUT2D eigenvalue weighted by atomic mass is 16.5. The predicted molar refractivity (Wildman–Crippen MR) is 78.8 cm³/mol. The van der Waals surface area contributed by atoms with Gasteiger partial charge in [-0.15, -0.1) is 0 Å². The van der Waals surface area contributed by atoms with Crippen molar-refractivity contribution in [1.29, 1.82) is 0 Å². The van der Waals surface area contributed by atoms with Gasteiger partial charge in [0.1, 0.15) is 5.94 Å².